The molecule has 7 rings (SSSR count). The molecule has 5 heterocycles. The summed E-state index contributed by atoms with van der Waals surface area (Å²) in [6.07, 6.45) is -0.939. The molecule has 320 valence electrons. The Hall–Kier alpha value is -5.20. The molecule has 0 spiro atoms. The number of rotatable bonds is 14. The predicted molar refractivity (Wildman–Crippen MR) is 233 cm³/mol. The molecule has 2 amide bonds. The number of aliphatic imine (C=N–C) groups is 1. The second-order valence-electron chi connectivity index (χ2n) is 14.6. The molecule has 15 nitrogen and oxygen atoms in total. The number of carbonyl (C=O) groups excluding carboxylic acids is 4. The van der Waals surface area contributed by atoms with Crippen LogP contribution < -0.4 is 10.1 Å². The molecule has 1 N–H and O–H groups in total. The maximum absolute atomic E-state index is 13.9. The third kappa shape index (κ3) is 10.5. The summed E-state index contributed by atoms with van der Waals surface area (Å²) in [4.78, 5) is 64.4. The molecule has 19 heteroatoms. The van der Waals surface area contributed by atoms with Gasteiger partial charge in [0.2, 0.25) is 18.1 Å². The maximum Gasteiger partial charge on any atom is 0.328 e. The summed E-state index contributed by atoms with van der Waals surface area (Å²) >= 11 is 15.9. The number of nitrogens with one attached hydrogen (secondary N) is 1. The molecule has 3 aromatic heterocycles. The lowest BCUT2D eigenvalue weighted by molar-refractivity contribution is -0.182. The molecule has 1 saturated heterocycles. The van der Waals surface area contributed by atoms with Gasteiger partial charge in [0.05, 0.1) is 29.3 Å². The average Bonchev–Trinajstić information content (AvgIpc) is 3.90. The SMILES string of the molecule is CC(=O)OC(C)OC(=O)CNC(=O)Cc1csc(-c2ccc(OCCN3CCN(C(=O)C[C@@H]4N=C(c5ccc(Cl)cc5)c5c(sc(C)c5C)-n5c(C)nnc54)CC3)cc2Cl)n1. The van der Waals surface area contributed by atoms with Crippen molar-refractivity contribution in [1.29, 1.82) is 0 Å². The lowest BCUT2D eigenvalue weighted by atomic mass is 9.99. The van der Waals surface area contributed by atoms with Gasteiger partial charge in [0, 0.05) is 78.5 Å². The monoisotopic (exact) mass is 906 g/mol. The second-order valence-corrected chi connectivity index (χ2v) is 17.5. The molecule has 1 fully saturated rings. The zero-order valence-corrected chi connectivity index (χ0v) is 37.3. The van der Waals surface area contributed by atoms with Gasteiger partial charge in [-0.2, -0.15) is 0 Å². The van der Waals surface area contributed by atoms with Crippen LogP contribution in [0.15, 0.2) is 52.8 Å². The number of thiophene rings is 1. The van der Waals surface area contributed by atoms with Crippen LogP contribution in [0.5, 0.6) is 5.75 Å². The number of piperazine rings is 1. The summed E-state index contributed by atoms with van der Waals surface area (Å²) in [5.74, 6) is 0.287. The van der Waals surface area contributed by atoms with E-state index in [1.54, 1.807) is 22.8 Å². The number of hydrogen-bond donors (Lipinski definition) is 1. The normalized spacial score (nSPS) is 15.6. The second kappa shape index (κ2) is 19.2. The minimum atomic E-state index is -1.05. The van der Waals surface area contributed by atoms with Gasteiger partial charge < -0.3 is 24.4 Å². The maximum atomic E-state index is 13.9. The topological polar surface area (TPSA) is 170 Å². The summed E-state index contributed by atoms with van der Waals surface area (Å²) in [6.45, 7) is 12.0. The van der Waals surface area contributed by atoms with Gasteiger partial charge in [0.1, 0.15) is 40.8 Å². The van der Waals surface area contributed by atoms with Crippen LogP contribution in [0.25, 0.3) is 15.6 Å². The van der Waals surface area contributed by atoms with Gasteiger partial charge in [0.25, 0.3) is 0 Å². The number of aryl methyl sites for hydroxylation is 2. The highest BCUT2D eigenvalue weighted by Crippen LogP contribution is 2.40. The van der Waals surface area contributed by atoms with Crippen molar-refractivity contribution in [2.75, 3.05) is 45.9 Å². The molecule has 61 heavy (non-hydrogen) atoms. The van der Waals surface area contributed by atoms with Gasteiger partial charge >= 0.3 is 11.9 Å². The highest BCUT2D eigenvalue weighted by Gasteiger charge is 2.34. The van der Waals surface area contributed by atoms with Gasteiger partial charge in [-0.3, -0.25) is 33.6 Å². The van der Waals surface area contributed by atoms with Crippen LogP contribution in [0.4, 0.5) is 0 Å². The number of fused-ring (bicyclic) bond motifs is 3. The molecular weight excluding hydrogens is 864 g/mol. The summed E-state index contributed by atoms with van der Waals surface area (Å²) in [6, 6.07) is 12.5. The molecule has 2 aromatic carbocycles. The van der Waals surface area contributed by atoms with E-state index in [-0.39, 0.29) is 25.3 Å². The molecule has 2 aliphatic rings. The van der Waals surface area contributed by atoms with Crippen molar-refractivity contribution in [3.63, 3.8) is 0 Å². The van der Waals surface area contributed by atoms with Crippen molar-refractivity contribution in [3.8, 4) is 21.3 Å². The fraction of sp³-hybridized carbons (Fsp3) is 0.381. The van der Waals surface area contributed by atoms with Gasteiger partial charge in [-0.1, -0.05) is 35.3 Å². The lowest BCUT2D eigenvalue weighted by Gasteiger charge is -2.35. The summed E-state index contributed by atoms with van der Waals surface area (Å²) < 4.78 is 17.8. The van der Waals surface area contributed by atoms with Crippen molar-refractivity contribution < 1.29 is 33.4 Å². The molecule has 5 aromatic rings. The fourth-order valence-electron chi connectivity index (χ4n) is 7.09. The third-order valence-corrected chi connectivity index (χ3v) is 12.9. The largest absolute Gasteiger partial charge is 0.492 e. The summed E-state index contributed by atoms with van der Waals surface area (Å²) in [5, 5.41) is 15.9. The van der Waals surface area contributed by atoms with E-state index in [1.165, 1.54) is 30.1 Å². The van der Waals surface area contributed by atoms with Crippen LogP contribution in [-0.2, 0) is 35.1 Å². The number of carbonyl (C=O) groups is 4. The van der Waals surface area contributed by atoms with Crippen LogP contribution in [0.3, 0.4) is 0 Å². The van der Waals surface area contributed by atoms with Crippen molar-refractivity contribution in [2.24, 2.45) is 4.99 Å². The van der Waals surface area contributed by atoms with Crippen LogP contribution in [0.1, 0.15) is 65.2 Å². The quantitative estimate of drug-likeness (QED) is 0.0980. The van der Waals surface area contributed by atoms with E-state index in [0.29, 0.717) is 77.2 Å². The number of nitrogens with zero attached hydrogens (tertiary/aromatic N) is 7. The molecule has 2 aliphatic heterocycles. The first-order chi connectivity index (χ1) is 29.2. The smallest absolute Gasteiger partial charge is 0.328 e. The number of esters is 2. The lowest BCUT2D eigenvalue weighted by Crippen LogP contribution is -2.49. The average molecular weight is 908 g/mol. The van der Waals surface area contributed by atoms with Gasteiger partial charge in [-0.25, -0.2) is 4.98 Å². The van der Waals surface area contributed by atoms with E-state index in [0.717, 1.165) is 33.2 Å². The van der Waals surface area contributed by atoms with Gasteiger partial charge in [-0.05, 0) is 56.7 Å². The van der Waals surface area contributed by atoms with E-state index in [2.05, 4.69) is 43.8 Å². The number of halogens is 2. The van der Waals surface area contributed by atoms with E-state index < -0.39 is 30.2 Å². The highest BCUT2D eigenvalue weighted by molar-refractivity contribution is 7.15. The Labute approximate surface area is 370 Å². The van der Waals surface area contributed by atoms with Crippen molar-refractivity contribution in [1.82, 2.24) is 34.9 Å². The number of benzene rings is 2. The predicted octanol–water partition coefficient (Wildman–Crippen LogP) is 6.30. The van der Waals surface area contributed by atoms with Gasteiger partial charge in [-0.15, -0.1) is 32.9 Å². The highest BCUT2D eigenvalue weighted by atomic mass is 35.5. The molecule has 0 saturated carbocycles. The first-order valence-corrected chi connectivity index (χ1v) is 22.1. The minimum absolute atomic E-state index is 0.0154. The molecule has 0 aliphatic carbocycles. The first-order valence-electron chi connectivity index (χ1n) is 19.6. The van der Waals surface area contributed by atoms with E-state index in [4.69, 9.17) is 42.4 Å². The number of amides is 2. The Morgan fingerprint density at radius 2 is 1.74 bits per heavy atom. The molecule has 0 radical (unpaired) electrons. The number of ether oxygens (including phenoxy) is 3. The Kier molecular flexibility index (Phi) is 13.8. The number of thiazole rings is 1. The molecular formula is C42H44Cl2N8O7S2. The molecule has 1 unspecified atom stereocenters. The van der Waals surface area contributed by atoms with Crippen molar-refractivity contribution in [2.45, 2.75) is 59.8 Å². The van der Waals surface area contributed by atoms with E-state index >= 15 is 0 Å². The van der Waals surface area contributed by atoms with Crippen LogP contribution >= 0.6 is 45.9 Å². The van der Waals surface area contributed by atoms with Crippen LogP contribution in [0, 0.1) is 20.8 Å². The Balaban J connectivity index is 0.894. The van der Waals surface area contributed by atoms with Crippen LogP contribution in [0.2, 0.25) is 10.0 Å². The third-order valence-electron chi connectivity index (χ3n) is 10.2. The zero-order valence-electron chi connectivity index (χ0n) is 34.2. The first kappa shape index (κ1) is 43.9. The van der Waals surface area contributed by atoms with Crippen molar-refractivity contribution >= 4 is 75.3 Å². The number of hydrogen-bond acceptors (Lipinski definition) is 14. The minimum Gasteiger partial charge on any atom is -0.492 e. The number of aromatic nitrogens is 4. The molecule has 2 atom stereocenters. The summed E-state index contributed by atoms with van der Waals surface area (Å²) in [7, 11) is 0. The van der Waals surface area contributed by atoms with E-state index in [1.807, 2.05) is 48.2 Å². The van der Waals surface area contributed by atoms with E-state index in [9.17, 15) is 19.2 Å². The summed E-state index contributed by atoms with van der Waals surface area (Å²) in [5.41, 5.74) is 5.13. The standard InChI is InChI=1S/C42H44Cl2N8O7S2/c1-23-24(2)61-42-38(23)39(28-6-8-29(43)9-7-28)47-34(40-49-48-25(3)52(40)42)20-36(55)51-14-12-50(13-15-51)16-17-57-31-10-11-32(33(44)19-31)41-46-30(22-60-41)18-35(54)45-21-37(56)59-27(5)58-26(4)53/h6-11,19,22,27,34H,12-18,20-21H2,1-5H3,(H,45,54)/t27?,34-/m0/s1. The Bertz CT molecular complexity index is 2480. The zero-order chi connectivity index (χ0) is 43.4. The van der Waals surface area contributed by atoms with Gasteiger partial charge in [0.15, 0.2) is 5.82 Å². The molecule has 0 bridgehead atoms. The Morgan fingerprint density at radius 3 is 2.46 bits per heavy atom. The van der Waals surface area contributed by atoms with Crippen molar-refractivity contribution in [3.05, 3.63) is 96.8 Å². The van der Waals surface area contributed by atoms with Crippen LogP contribution in [-0.4, -0.2) is 111 Å². The fourth-order valence-corrected chi connectivity index (χ4v) is 9.61. The Morgan fingerprint density at radius 1 is 0.984 bits per heavy atom.